The third-order valence-corrected chi connectivity index (χ3v) is 10.7. The Balaban J connectivity index is 2.08. The molecule has 28 heavy (non-hydrogen) atoms. The average molecular weight is 646 g/mol. The maximum absolute atomic E-state index is 6.27. The van der Waals surface area contributed by atoms with Crippen molar-refractivity contribution in [3.05, 3.63) is 17.9 Å². The zero-order chi connectivity index (χ0) is 21.4. The van der Waals surface area contributed by atoms with Gasteiger partial charge in [0, 0.05) is 28.8 Å². The highest BCUT2D eigenvalue weighted by molar-refractivity contribution is 9.14. The second-order valence-electron chi connectivity index (χ2n) is 9.26. The molecule has 0 atom stereocenters. The van der Waals surface area contributed by atoms with Crippen LogP contribution in [0.3, 0.4) is 0 Å². The topological polar surface area (TPSA) is 36.9 Å². The van der Waals surface area contributed by atoms with Crippen LogP contribution in [-0.4, -0.2) is 36.6 Å². The van der Waals surface area contributed by atoms with Crippen molar-refractivity contribution in [3.63, 3.8) is 0 Å². The highest BCUT2D eigenvalue weighted by Crippen LogP contribution is 2.42. The zero-order valence-electron chi connectivity index (χ0n) is 17.3. The molecule has 0 unspecified atom stereocenters. The van der Waals surface area contributed by atoms with E-state index in [4.69, 9.17) is 18.6 Å². The highest BCUT2D eigenvalue weighted by Gasteiger charge is 2.55. The summed E-state index contributed by atoms with van der Waals surface area (Å²) in [5, 5.41) is 0. The van der Waals surface area contributed by atoms with Gasteiger partial charge in [-0.2, -0.15) is 0 Å². The van der Waals surface area contributed by atoms with E-state index in [9.17, 15) is 0 Å². The van der Waals surface area contributed by atoms with Crippen LogP contribution < -0.4 is 10.9 Å². The molecule has 1 aromatic rings. The number of rotatable bonds is 2. The van der Waals surface area contributed by atoms with Gasteiger partial charge in [-0.15, -0.1) is 0 Å². The van der Waals surface area contributed by atoms with Gasteiger partial charge < -0.3 is 18.6 Å². The lowest BCUT2D eigenvalue weighted by atomic mass is 9.73. The van der Waals surface area contributed by atoms with Gasteiger partial charge in [-0.1, -0.05) is 0 Å². The first kappa shape index (κ1) is 23.8. The molecule has 0 aromatic heterocycles. The lowest BCUT2D eigenvalue weighted by Gasteiger charge is -2.32. The molecule has 0 amide bonds. The Morgan fingerprint density at radius 1 is 0.464 bits per heavy atom. The first-order valence-electron chi connectivity index (χ1n) is 9.09. The van der Waals surface area contributed by atoms with Gasteiger partial charge in [0.1, 0.15) is 0 Å². The van der Waals surface area contributed by atoms with Gasteiger partial charge in [-0.05, 0) is 119 Å². The SMILES string of the molecule is CC1(C)OB(c2c(Br)c(Br)c(B3OC(C)(C)C(C)(C)O3)c(Br)c2Br)OC1(C)C. The van der Waals surface area contributed by atoms with Gasteiger partial charge in [0.05, 0.1) is 22.4 Å². The molecule has 3 rings (SSSR count). The van der Waals surface area contributed by atoms with Crippen LogP contribution in [0.4, 0.5) is 0 Å². The molecular weight excluding hydrogens is 621 g/mol. The second-order valence-corrected chi connectivity index (χ2v) is 12.4. The molecule has 2 aliphatic heterocycles. The summed E-state index contributed by atoms with van der Waals surface area (Å²) in [6.45, 7) is 16.3. The predicted molar refractivity (Wildman–Crippen MR) is 129 cm³/mol. The molecule has 10 heteroatoms. The lowest BCUT2D eigenvalue weighted by molar-refractivity contribution is 0.00578. The van der Waals surface area contributed by atoms with E-state index in [0.29, 0.717) is 0 Å². The van der Waals surface area contributed by atoms with Crippen molar-refractivity contribution < 1.29 is 18.6 Å². The van der Waals surface area contributed by atoms with E-state index in [0.717, 1.165) is 28.8 Å². The van der Waals surface area contributed by atoms with E-state index in [2.05, 4.69) is 63.7 Å². The van der Waals surface area contributed by atoms with E-state index in [1.807, 2.05) is 55.4 Å². The minimum Gasteiger partial charge on any atom is -0.399 e. The summed E-state index contributed by atoms with van der Waals surface area (Å²) in [6, 6.07) is 0. The van der Waals surface area contributed by atoms with Crippen molar-refractivity contribution in [2.45, 2.75) is 77.8 Å². The highest BCUT2D eigenvalue weighted by atomic mass is 79.9. The Labute approximate surface area is 202 Å². The summed E-state index contributed by atoms with van der Waals surface area (Å²) in [5.41, 5.74) is 0.0230. The Kier molecular flexibility index (Phi) is 6.22. The van der Waals surface area contributed by atoms with Crippen LogP contribution in [0.25, 0.3) is 0 Å². The summed E-state index contributed by atoms with van der Waals surface area (Å²) in [4.78, 5) is 0. The van der Waals surface area contributed by atoms with Crippen LogP contribution in [0.15, 0.2) is 17.9 Å². The van der Waals surface area contributed by atoms with E-state index in [-0.39, 0.29) is 0 Å². The van der Waals surface area contributed by atoms with Gasteiger partial charge in [0.25, 0.3) is 0 Å². The van der Waals surface area contributed by atoms with Gasteiger partial charge in [0.15, 0.2) is 0 Å². The van der Waals surface area contributed by atoms with Crippen LogP contribution in [-0.2, 0) is 18.6 Å². The molecular formula is C18H24B2Br4O4. The van der Waals surface area contributed by atoms with Gasteiger partial charge >= 0.3 is 14.2 Å². The minimum atomic E-state index is -0.520. The second kappa shape index (κ2) is 7.32. The van der Waals surface area contributed by atoms with Crippen LogP contribution in [0.2, 0.25) is 0 Å². The maximum Gasteiger partial charge on any atom is 0.497 e. The van der Waals surface area contributed by atoms with E-state index < -0.39 is 36.6 Å². The quantitative estimate of drug-likeness (QED) is 0.322. The van der Waals surface area contributed by atoms with Crippen molar-refractivity contribution in [2.24, 2.45) is 0 Å². The standard InChI is InChI=1S/C18H24B2Br4O4/c1-15(2)16(3,4)26-19(25-15)9-11(21)13(23)10(14(24)12(9)22)20-27-17(5,6)18(7,8)28-20/h1-8H3. The summed E-state index contributed by atoms with van der Waals surface area (Å²) >= 11 is 14.9. The Hall–Kier alpha value is 1.11. The smallest absolute Gasteiger partial charge is 0.399 e. The third kappa shape index (κ3) is 3.65. The fraction of sp³-hybridized carbons (Fsp3) is 0.667. The normalized spacial score (nSPS) is 24.9. The Bertz CT molecular complexity index is 698. The number of benzene rings is 1. The number of halogens is 4. The van der Waals surface area contributed by atoms with Crippen molar-refractivity contribution in [2.75, 3.05) is 0 Å². The van der Waals surface area contributed by atoms with Gasteiger partial charge in [-0.25, -0.2) is 0 Å². The maximum atomic E-state index is 6.27. The number of hydrogen-bond donors (Lipinski definition) is 0. The lowest BCUT2D eigenvalue weighted by Crippen LogP contribution is -2.42. The zero-order valence-corrected chi connectivity index (χ0v) is 23.6. The van der Waals surface area contributed by atoms with Crippen LogP contribution in [0, 0.1) is 0 Å². The molecule has 0 spiro atoms. The van der Waals surface area contributed by atoms with E-state index in [1.165, 1.54) is 0 Å². The van der Waals surface area contributed by atoms with Gasteiger partial charge in [0.2, 0.25) is 0 Å². The van der Waals surface area contributed by atoms with Crippen molar-refractivity contribution in [1.82, 2.24) is 0 Å². The van der Waals surface area contributed by atoms with Crippen LogP contribution in [0.5, 0.6) is 0 Å². The van der Waals surface area contributed by atoms with Gasteiger partial charge in [-0.3, -0.25) is 0 Å². The molecule has 154 valence electrons. The molecule has 1 aromatic carbocycles. The Morgan fingerprint density at radius 3 is 0.821 bits per heavy atom. The fourth-order valence-electron chi connectivity index (χ4n) is 3.00. The monoisotopic (exact) mass is 642 g/mol. The summed E-state index contributed by atoms with van der Waals surface area (Å²) in [7, 11) is -1.04. The number of hydrogen-bond acceptors (Lipinski definition) is 4. The molecule has 0 N–H and O–H groups in total. The van der Waals surface area contributed by atoms with Crippen molar-refractivity contribution in [3.8, 4) is 0 Å². The van der Waals surface area contributed by atoms with Crippen molar-refractivity contribution >= 4 is 88.9 Å². The molecule has 0 aliphatic carbocycles. The minimum absolute atomic E-state index is 0.431. The van der Waals surface area contributed by atoms with Crippen LogP contribution in [0.1, 0.15) is 55.4 Å². The molecule has 2 fully saturated rings. The molecule has 2 aliphatic rings. The molecule has 0 bridgehead atoms. The summed E-state index contributed by atoms with van der Waals surface area (Å²) in [5.74, 6) is 0. The summed E-state index contributed by atoms with van der Waals surface area (Å²) in [6.07, 6.45) is 0. The first-order chi connectivity index (χ1) is 12.5. The summed E-state index contributed by atoms with van der Waals surface area (Å²) < 4.78 is 28.4. The van der Waals surface area contributed by atoms with Crippen LogP contribution >= 0.6 is 63.7 Å². The Morgan fingerprint density at radius 2 is 0.643 bits per heavy atom. The van der Waals surface area contributed by atoms with Crippen molar-refractivity contribution in [1.29, 1.82) is 0 Å². The molecule has 2 heterocycles. The predicted octanol–water partition coefficient (Wildman–Crippen LogP) is 5.34. The molecule has 4 nitrogen and oxygen atoms in total. The first-order valence-corrected chi connectivity index (χ1v) is 12.3. The van der Waals surface area contributed by atoms with E-state index in [1.54, 1.807) is 0 Å². The average Bonchev–Trinajstić information content (AvgIpc) is 2.85. The van der Waals surface area contributed by atoms with E-state index >= 15 is 0 Å². The molecule has 2 saturated heterocycles. The largest absolute Gasteiger partial charge is 0.497 e. The molecule has 0 radical (unpaired) electrons. The third-order valence-electron chi connectivity index (χ3n) is 6.31. The molecule has 0 saturated carbocycles. The fourth-order valence-corrected chi connectivity index (χ4v) is 5.93.